The lowest BCUT2D eigenvalue weighted by Gasteiger charge is -2.03. The maximum Gasteiger partial charge on any atom is 0.129 e. The summed E-state index contributed by atoms with van der Waals surface area (Å²) < 4.78 is 0. The third kappa shape index (κ3) is 2.55. The van der Waals surface area contributed by atoms with Gasteiger partial charge in [-0.15, -0.1) is 0 Å². The molecule has 0 spiro atoms. The highest BCUT2D eigenvalue weighted by atomic mass is 35.5. The van der Waals surface area contributed by atoms with Gasteiger partial charge in [-0.2, -0.15) is 0 Å². The normalized spacial score (nSPS) is 9.50. The Labute approximate surface area is 77.3 Å². The molecule has 0 radical (unpaired) electrons. The van der Waals surface area contributed by atoms with Crippen molar-refractivity contribution >= 4 is 11.6 Å². The van der Waals surface area contributed by atoms with E-state index in [1.54, 1.807) is 12.3 Å². The third-order valence-electron chi connectivity index (χ3n) is 1.56. The van der Waals surface area contributed by atoms with Crippen molar-refractivity contribution in [2.45, 2.75) is 6.42 Å². The maximum atomic E-state index is 5.63. The first kappa shape index (κ1) is 9.07. The SMILES string of the molecule is C=C(Cc1ccc(Cl)nc1)NC. The quantitative estimate of drug-likeness (QED) is 0.724. The average Bonchev–Trinajstić information content (AvgIpc) is 2.09. The maximum absolute atomic E-state index is 5.63. The Kier molecular flexibility index (Phi) is 3.11. The zero-order valence-corrected chi connectivity index (χ0v) is 7.73. The lowest BCUT2D eigenvalue weighted by Crippen LogP contribution is -2.06. The van der Waals surface area contributed by atoms with Crippen LogP contribution in [0.3, 0.4) is 0 Å². The molecule has 64 valence electrons. The molecule has 0 unspecified atom stereocenters. The number of allylic oxidation sites excluding steroid dienone is 1. The second-order valence-electron chi connectivity index (χ2n) is 2.52. The van der Waals surface area contributed by atoms with E-state index >= 15 is 0 Å². The summed E-state index contributed by atoms with van der Waals surface area (Å²) in [4.78, 5) is 3.96. The molecule has 1 heterocycles. The van der Waals surface area contributed by atoms with Crippen molar-refractivity contribution in [2.75, 3.05) is 7.05 Å². The van der Waals surface area contributed by atoms with Gasteiger partial charge in [-0.05, 0) is 11.6 Å². The van der Waals surface area contributed by atoms with E-state index in [-0.39, 0.29) is 0 Å². The standard InChI is InChI=1S/C9H11ClN2/c1-7(11-2)5-8-3-4-9(10)12-6-8/h3-4,6,11H,1,5H2,2H3. The average molecular weight is 183 g/mol. The van der Waals surface area contributed by atoms with E-state index in [9.17, 15) is 0 Å². The third-order valence-corrected chi connectivity index (χ3v) is 1.78. The van der Waals surface area contributed by atoms with Crippen LogP contribution in [0.4, 0.5) is 0 Å². The summed E-state index contributed by atoms with van der Waals surface area (Å²) in [5, 5.41) is 3.49. The van der Waals surface area contributed by atoms with Crippen LogP contribution in [0.5, 0.6) is 0 Å². The summed E-state index contributed by atoms with van der Waals surface area (Å²) >= 11 is 5.63. The fourth-order valence-corrected chi connectivity index (χ4v) is 0.958. The van der Waals surface area contributed by atoms with Gasteiger partial charge in [0, 0.05) is 25.4 Å². The zero-order chi connectivity index (χ0) is 8.97. The molecule has 1 aromatic rings. The van der Waals surface area contributed by atoms with Crippen molar-refractivity contribution in [1.29, 1.82) is 0 Å². The highest BCUT2D eigenvalue weighted by Gasteiger charge is 1.95. The molecule has 0 saturated heterocycles. The highest BCUT2D eigenvalue weighted by Crippen LogP contribution is 2.07. The smallest absolute Gasteiger partial charge is 0.129 e. The van der Waals surface area contributed by atoms with E-state index in [2.05, 4.69) is 16.9 Å². The van der Waals surface area contributed by atoms with Crippen LogP contribution in [0.1, 0.15) is 5.56 Å². The molecule has 0 aromatic carbocycles. The van der Waals surface area contributed by atoms with Gasteiger partial charge in [-0.25, -0.2) is 4.98 Å². The van der Waals surface area contributed by atoms with E-state index in [0.29, 0.717) is 5.15 Å². The minimum Gasteiger partial charge on any atom is -0.392 e. The van der Waals surface area contributed by atoms with Gasteiger partial charge >= 0.3 is 0 Å². The van der Waals surface area contributed by atoms with E-state index in [4.69, 9.17) is 11.6 Å². The Morgan fingerprint density at radius 1 is 1.67 bits per heavy atom. The fourth-order valence-electron chi connectivity index (χ4n) is 0.846. The molecule has 0 fully saturated rings. The van der Waals surface area contributed by atoms with Crippen molar-refractivity contribution in [2.24, 2.45) is 0 Å². The van der Waals surface area contributed by atoms with Crippen LogP contribution >= 0.6 is 11.6 Å². The second kappa shape index (κ2) is 4.12. The largest absolute Gasteiger partial charge is 0.392 e. The Morgan fingerprint density at radius 3 is 2.92 bits per heavy atom. The van der Waals surface area contributed by atoms with Gasteiger partial charge in [0.1, 0.15) is 5.15 Å². The molecule has 1 N–H and O–H groups in total. The van der Waals surface area contributed by atoms with Crippen molar-refractivity contribution in [1.82, 2.24) is 10.3 Å². The molecule has 0 bridgehead atoms. The lowest BCUT2D eigenvalue weighted by molar-refractivity contribution is 0.924. The molecule has 12 heavy (non-hydrogen) atoms. The number of aromatic nitrogens is 1. The fraction of sp³-hybridized carbons (Fsp3) is 0.222. The summed E-state index contributed by atoms with van der Waals surface area (Å²) in [5.74, 6) is 0. The summed E-state index contributed by atoms with van der Waals surface area (Å²) in [7, 11) is 1.85. The molecule has 3 heteroatoms. The summed E-state index contributed by atoms with van der Waals surface area (Å²) in [6, 6.07) is 3.72. The Bertz CT molecular complexity index is 266. The van der Waals surface area contributed by atoms with Crippen LogP contribution in [0.2, 0.25) is 5.15 Å². The van der Waals surface area contributed by atoms with Gasteiger partial charge in [0.25, 0.3) is 0 Å². The number of hydrogen-bond donors (Lipinski definition) is 1. The summed E-state index contributed by atoms with van der Waals surface area (Å²) in [6.45, 7) is 3.82. The number of pyridine rings is 1. The minimum absolute atomic E-state index is 0.522. The van der Waals surface area contributed by atoms with Gasteiger partial charge in [-0.3, -0.25) is 0 Å². The first-order chi connectivity index (χ1) is 5.72. The minimum atomic E-state index is 0.522. The van der Waals surface area contributed by atoms with Gasteiger partial charge in [0.15, 0.2) is 0 Å². The van der Waals surface area contributed by atoms with Crippen LogP contribution < -0.4 is 5.32 Å². The molecule has 1 aromatic heterocycles. The van der Waals surface area contributed by atoms with Crippen molar-refractivity contribution < 1.29 is 0 Å². The van der Waals surface area contributed by atoms with Crippen LogP contribution in [0, 0.1) is 0 Å². The lowest BCUT2D eigenvalue weighted by atomic mass is 10.2. The van der Waals surface area contributed by atoms with Crippen molar-refractivity contribution in [3.63, 3.8) is 0 Å². The van der Waals surface area contributed by atoms with Gasteiger partial charge in [0.05, 0.1) is 0 Å². The number of nitrogens with zero attached hydrogens (tertiary/aromatic N) is 1. The molecule has 2 nitrogen and oxygen atoms in total. The summed E-state index contributed by atoms with van der Waals surface area (Å²) in [5.41, 5.74) is 2.08. The Morgan fingerprint density at radius 2 is 2.42 bits per heavy atom. The molecule has 0 aliphatic heterocycles. The number of likely N-dealkylation sites (N-methyl/N-ethyl adjacent to an activating group) is 1. The molecule has 0 saturated carbocycles. The van der Waals surface area contributed by atoms with Crippen LogP contribution in [-0.2, 0) is 6.42 Å². The van der Waals surface area contributed by atoms with Crippen LogP contribution in [0.15, 0.2) is 30.6 Å². The van der Waals surface area contributed by atoms with Gasteiger partial charge in [-0.1, -0.05) is 24.2 Å². The van der Waals surface area contributed by atoms with Crippen LogP contribution in [0.25, 0.3) is 0 Å². The predicted octanol–water partition coefficient (Wildman–Crippen LogP) is 2.01. The first-order valence-corrected chi connectivity index (χ1v) is 4.06. The van der Waals surface area contributed by atoms with Gasteiger partial charge in [0.2, 0.25) is 0 Å². The molecular formula is C9H11ClN2. The number of rotatable bonds is 3. The topological polar surface area (TPSA) is 24.9 Å². The predicted molar refractivity (Wildman–Crippen MR) is 51.2 cm³/mol. The second-order valence-corrected chi connectivity index (χ2v) is 2.91. The van der Waals surface area contributed by atoms with Crippen molar-refractivity contribution in [3.05, 3.63) is 41.3 Å². The molecule has 0 aliphatic carbocycles. The Hall–Kier alpha value is -1.02. The van der Waals surface area contributed by atoms with E-state index in [0.717, 1.165) is 17.7 Å². The monoisotopic (exact) mass is 182 g/mol. The van der Waals surface area contributed by atoms with Crippen LogP contribution in [-0.4, -0.2) is 12.0 Å². The summed E-state index contributed by atoms with van der Waals surface area (Å²) in [6.07, 6.45) is 2.55. The Balaban J connectivity index is 2.64. The number of hydrogen-bond acceptors (Lipinski definition) is 2. The number of halogens is 1. The molecule has 1 rings (SSSR count). The van der Waals surface area contributed by atoms with Gasteiger partial charge < -0.3 is 5.32 Å². The van der Waals surface area contributed by atoms with Crippen molar-refractivity contribution in [3.8, 4) is 0 Å². The molecule has 0 aliphatic rings. The van der Waals surface area contributed by atoms with E-state index in [1.165, 1.54) is 0 Å². The first-order valence-electron chi connectivity index (χ1n) is 3.68. The highest BCUT2D eigenvalue weighted by molar-refractivity contribution is 6.29. The molecule has 0 atom stereocenters. The number of nitrogens with one attached hydrogen (secondary N) is 1. The van der Waals surface area contributed by atoms with E-state index < -0.39 is 0 Å². The molecular weight excluding hydrogens is 172 g/mol. The molecule has 0 amide bonds. The zero-order valence-electron chi connectivity index (χ0n) is 6.97. The van der Waals surface area contributed by atoms with E-state index in [1.807, 2.05) is 13.1 Å².